The van der Waals surface area contributed by atoms with Gasteiger partial charge in [0.2, 0.25) is 0 Å². The van der Waals surface area contributed by atoms with Crippen molar-refractivity contribution < 1.29 is 14.3 Å². The lowest BCUT2D eigenvalue weighted by Gasteiger charge is -2.37. The van der Waals surface area contributed by atoms with Gasteiger partial charge in [0.05, 0.1) is 19.3 Å². The molecule has 1 aromatic heterocycles. The summed E-state index contributed by atoms with van der Waals surface area (Å²) in [4.78, 5) is 38.6. The molecule has 3 amide bonds. The fraction of sp³-hybridized carbons (Fsp3) is 0.478. The number of nitrogens with zero attached hydrogens (tertiary/aromatic N) is 4. The molecule has 1 unspecified atom stereocenters. The Bertz CT molecular complexity index is 994. The molecule has 1 saturated heterocycles. The van der Waals surface area contributed by atoms with Crippen LogP contribution in [0.25, 0.3) is 11.4 Å². The maximum Gasteiger partial charge on any atom is 0.319 e. The van der Waals surface area contributed by atoms with E-state index in [1.807, 2.05) is 43.0 Å². The first-order chi connectivity index (χ1) is 15.5. The number of ether oxygens (including phenoxy) is 1. The summed E-state index contributed by atoms with van der Waals surface area (Å²) in [7, 11) is 0. The van der Waals surface area contributed by atoms with E-state index < -0.39 is 0 Å². The molecule has 0 spiro atoms. The van der Waals surface area contributed by atoms with Gasteiger partial charge in [0.15, 0.2) is 5.82 Å². The van der Waals surface area contributed by atoms with E-state index in [4.69, 9.17) is 14.7 Å². The fourth-order valence-electron chi connectivity index (χ4n) is 4.13. The van der Waals surface area contributed by atoms with Crippen molar-refractivity contribution in [3.8, 4) is 11.4 Å². The van der Waals surface area contributed by atoms with E-state index in [9.17, 15) is 9.59 Å². The number of amides is 3. The summed E-state index contributed by atoms with van der Waals surface area (Å²) in [5, 5.41) is 5.49. The van der Waals surface area contributed by atoms with Crippen molar-refractivity contribution in [2.75, 3.05) is 49.6 Å². The third kappa shape index (κ3) is 4.38. The van der Waals surface area contributed by atoms with E-state index in [1.165, 1.54) is 0 Å². The van der Waals surface area contributed by atoms with Gasteiger partial charge in [-0.25, -0.2) is 14.8 Å². The van der Waals surface area contributed by atoms with Crippen LogP contribution in [0.5, 0.6) is 0 Å². The van der Waals surface area contributed by atoms with Gasteiger partial charge < -0.3 is 25.2 Å². The minimum absolute atomic E-state index is 0.0471. The monoisotopic (exact) mass is 438 g/mol. The second-order valence-corrected chi connectivity index (χ2v) is 8.01. The van der Waals surface area contributed by atoms with Gasteiger partial charge in [-0.2, -0.15) is 0 Å². The van der Waals surface area contributed by atoms with Crippen LogP contribution in [0.15, 0.2) is 24.3 Å². The lowest BCUT2D eigenvalue weighted by Crippen LogP contribution is -2.46. The Morgan fingerprint density at radius 2 is 1.97 bits per heavy atom. The number of benzene rings is 1. The molecule has 0 radical (unpaired) electrons. The van der Waals surface area contributed by atoms with E-state index in [-0.39, 0.29) is 18.0 Å². The highest BCUT2D eigenvalue weighted by Crippen LogP contribution is 2.31. The van der Waals surface area contributed by atoms with Crippen molar-refractivity contribution >= 4 is 23.4 Å². The zero-order chi connectivity index (χ0) is 22.7. The van der Waals surface area contributed by atoms with Crippen molar-refractivity contribution in [2.24, 2.45) is 0 Å². The van der Waals surface area contributed by atoms with Crippen LogP contribution in [-0.2, 0) is 11.2 Å². The second kappa shape index (κ2) is 9.52. The van der Waals surface area contributed by atoms with Gasteiger partial charge in [0.25, 0.3) is 5.91 Å². The predicted octanol–water partition coefficient (Wildman–Crippen LogP) is 2.53. The predicted molar refractivity (Wildman–Crippen MR) is 123 cm³/mol. The summed E-state index contributed by atoms with van der Waals surface area (Å²) in [6.07, 6.45) is 0.740. The van der Waals surface area contributed by atoms with Crippen LogP contribution >= 0.6 is 0 Å². The minimum Gasteiger partial charge on any atom is -0.377 e. The summed E-state index contributed by atoms with van der Waals surface area (Å²) in [5.74, 6) is 1.29. The molecule has 32 heavy (non-hydrogen) atoms. The normalized spacial score (nSPS) is 18.3. The Morgan fingerprint density at radius 3 is 2.66 bits per heavy atom. The number of carbonyl (C=O) groups is 2. The summed E-state index contributed by atoms with van der Waals surface area (Å²) in [6, 6.07) is 7.26. The largest absolute Gasteiger partial charge is 0.377 e. The van der Waals surface area contributed by atoms with E-state index in [1.54, 1.807) is 0 Å². The van der Waals surface area contributed by atoms with Crippen LogP contribution in [-0.4, -0.2) is 72.2 Å². The maximum absolute atomic E-state index is 13.1. The Balaban J connectivity index is 1.72. The summed E-state index contributed by atoms with van der Waals surface area (Å²) in [5.41, 5.74) is 2.87. The molecule has 2 aliphatic heterocycles. The molecule has 170 valence electrons. The molecule has 1 aromatic carbocycles. The Hall–Kier alpha value is -3.20. The number of morpholine rings is 1. The van der Waals surface area contributed by atoms with Gasteiger partial charge >= 0.3 is 6.03 Å². The lowest BCUT2D eigenvalue weighted by atomic mass is 10.0. The van der Waals surface area contributed by atoms with Gasteiger partial charge in [-0.05, 0) is 51.5 Å². The zero-order valence-electron chi connectivity index (χ0n) is 18.9. The van der Waals surface area contributed by atoms with Gasteiger partial charge in [-0.15, -0.1) is 0 Å². The number of rotatable bonds is 5. The molecule has 3 heterocycles. The van der Waals surface area contributed by atoms with Gasteiger partial charge in [0.1, 0.15) is 11.5 Å². The van der Waals surface area contributed by atoms with Crippen LogP contribution in [0.1, 0.15) is 36.8 Å². The quantitative estimate of drug-likeness (QED) is 0.744. The first kappa shape index (κ1) is 22.0. The van der Waals surface area contributed by atoms with E-state index in [0.717, 1.165) is 29.9 Å². The molecule has 0 saturated carbocycles. The van der Waals surface area contributed by atoms with E-state index >= 15 is 0 Å². The fourth-order valence-corrected chi connectivity index (χ4v) is 4.13. The first-order valence-corrected chi connectivity index (χ1v) is 11.2. The number of fused-ring (bicyclic) bond motifs is 1. The molecule has 1 atom stereocenters. The molecule has 9 heteroatoms. The lowest BCUT2D eigenvalue weighted by molar-refractivity contribution is 0.0741. The second-order valence-electron chi connectivity index (χ2n) is 8.01. The Morgan fingerprint density at radius 1 is 1.19 bits per heavy atom. The molecular formula is C23H30N6O3. The highest BCUT2D eigenvalue weighted by Gasteiger charge is 2.32. The average molecular weight is 439 g/mol. The highest BCUT2D eigenvalue weighted by molar-refractivity contribution is 5.96. The standard InChI is InChI=1S/C23H30N6O3/c1-4-24-23(31)25-17-8-6-16(7-9-17)20-26-19-18(10-11-28(5-2)22(19)30)21(27-20)29-12-13-32-14-15(29)3/h6-9,15H,4-5,10-14H2,1-3H3,(H2,24,25,31). The molecule has 1 fully saturated rings. The van der Waals surface area contributed by atoms with E-state index in [0.29, 0.717) is 50.1 Å². The molecule has 2 aromatic rings. The number of nitrogens with one attached hydrogen (secondary N) is 2. The summed E-state index contributed by atoms with van der Waals surface area (Å²) < 4.78 is 5.61. The highest BCUT2D eigenvalue weighted by atomic mass is 16.5. The van der Waals surface area contributed by atoms with Crippen LogP contribution in [0, 0.1) is 0 Å². The van der Waals surface area contributed by atoms with Gasteiger partial charge in [-0.1, -0.05) is 0 Å². The number of hydrogen-bond donors (Lipinski definition) is 2. The number of urea groups is 1. The Labute approximate surface area is 188 Å². The number of hydrogen-bond acceptors (Lipinski definition) is 6. The molecular weight excluding hydrogens is 408 g/mol. The molecule has 2 N–H and O–H groups in total. The number of aromatic nitrogens is 2. The number of anilines is 2. The average Bonchev–Trinajstić information content (AvgIpc) is 2.80. The van der Waals surface area contributed by atoms with Crippen LogP contribution in [0.4, 0.5) is 16.3 Å². The Kier molecular flexibility index (Phi) is 6.55. The molecule has 4 rings (SSSR count). The van der Waals surface area contributed by atoms with Crippen LogP contribution in [0.2, 0.25) is 0 Å². The van der Waals surface area contributed by atoms with Crippen molar-refractivity contribution in [3.05, 3.63) is 35.5 Å². The SMILES string of the molecule is CCNC(=O)Nc1ccc(-c2nc3c(c(N4CCOCC4C)n2)CCN(CC)C3=O)cc1. The first-order valence-electron chi connectivity index (χ1n) is 11.2. The van der Waals surface area contributed by atoms with E-state index in [2.05, 4.69) is 22.5 Å². The van der Waals surface area contributed by atoms with Crippen LogP contribution < -0.4 is 15.5 Å². The van der Waals surface area contributed by atoms with Gasteiger partial charge in [-0.3, -0.25) is 4.79 Å². The summed E-state index contributed by atoms with van der Waals surface area (Å²) >= 11 is 0. The van der Waals surface area contributed by atoms with Crippen molar-refractivity contribution in [3.63, 3.8) is 0 Å². The van der Waals surface area contributed by atoms with Crippen molar-refractivity contribution in [1.29, 1.82) is 0 Å². The van der Waals surface area contributed by atoms with Crippen molar-refractivity contribution in [1.82, 2.24) is 20.2 Å². The summed E-state index contributed by atoms with van der Waals surface area (Å²) in [6.45, 7) is 9.83. The smallest absolute Gasteiger partial charge is 0.319 e. The third-order valence-corrected chi connectivity index (χ3v) is 5.87. The van der Waals surface area contributed by atoms with Crippen molar-refractivity contribution in [2.45, 2.75) is 33.2 Å². The number of likely N-dealkylation sites (N-methyl/N-ethyl adjacent to an activating group) is 1. The van der Waals surface area contributed by atoms with Gasteiger partial charge in [0, 0.05) is 43.0 Å². The topological polar surface area (TPSA) is 99.7 Å². The third-order valence-electron chi connectivity index (χ3n) is 5.87. The molecule has 0 aliphatic carbocycles. The molecule has 0 bridgehead atoms. The zero-order valence-corrected chi connectivity index (χ0v) is 18.9. The molecule has 2 aliphatic rings. The number of carbonyl (C=O) groups excluding carboxylic acids is 2. The molecule has 9 nitrogen and oxygen atoms in total. The minimum atomic E-state index is -0.251. The van der Waals surface area contributed by atoms with Crippen LogP contribution in [0.3, 0.4) is 0 Å². The maximum atomic E-state index is 13.1.